The van der Waals surface area contributed by atoms with E-state index in [2.05, 4.69) is 10.3 Å². The molecule has 6 nitrogen and oxygen atoms in total. The van der Waals surface area contributed by atoms with Crippen LogP contribution < -0.4 is 11.1 Å². The second-order valence-electron chi connectivity index (χ2n) is 3.66. The van der Waals surface area contributed by atoms with Gasteiger partial charge in [-0.05, 0) is 12.1 Å². The summed E-state index contributed by atoms with van der Waals surface area (Å²) in [6, 6.07) is 2.86. The summed E-state index contributed by atoms with van der Waals surface area (Å²) in [5.74, 6) is 0.0178. The summed E-state index contributed by atoms with van der Waals surface area (Å²) in [5.41, 5.74) is 6.11. The molecule has 0 saturated carbocycles. The number of amides is 2. The number of carbonyl (C=O) groups is 2. The molecule has 1 aromatic heterocycles. The van der Waals surface area contributed by atoms with Crippen molar-refractivity contribution in [3.8, 4) is 0 Å². The average molecular weight is 220 g/mol. The Morgan fingerprint density at radius 2 is 2.25 bits per heavy atom. The van der Waals surface area contributed by atoms with Crippen molar-refractivity contribution < 1.29 is 9.59 Å². The van der Waals surface area contributed by atoms with Crippen molar-refractivity contribution in [3.05, 3.63) is 18.3 Å². The second kappa shape index (κ2) is 3.80. The molecule has 0 radical (unpaired) electrons. The molecule has 16 heavy (non-hydrogen) atoms. The van der Waals surface area contributed by atoms with Crippen molar-refractivity contribution in [1.29, 1.82) is 0 Å². The molecule has 2 heterocycles. The number of nitrogens with two attached hydrogens (primary N) is 1. The van der Waals surface area contributed by atoms with E-state index >= 15 is 0 Å². The van der Waals surface area contributed by atoms with Crippen LogP contribution in [0, 0.1) is 0 Å². The lowest BCUT2D eigenvalue weighted by Crippen LogP contribution is -2.31. The van der Waals surface area contributed by atoms with Crippen LogP contribution in [0.25, 0.3) is 0 Å². The highest BCUT2D eigenvalue weighted by atomic mass is 16.2. The van der Waals surface area contributed by atoms with E-state index < -0.39 is 6.04 Å². The average Bonchev–Trinajstić information content (AvgIpc) is 2.50. The second-order valence-corrected chi connectivity index (χ2v) is 3.66. The smallest absolute Gasteiger partial charge is 0.251 e. The first-order valence-corrected chi connectivity index (χ1v) is 4.86. The summed E-state index contributed by atoms with van der Waals surface area (Å²) in [6.45, 7) is 0. The Morgan fingerprint density at radius 1 is 1.50 bits per heavy atom. The molecule has 0 aromatic carbocycles. The fourth-order valence-corrected chi connectivity index (χ4v) is 1.56. The van der Waals surface area contributed by atoms with Crippen LogP contribution in [-0.2, 0) is 9.59 Å². The molecule has 1 atom stereocenters. The first kappa shape index (κ1) is 10.4. The maximum atomic E-state index is 11.6. The third kappa shape index (κ3) is 1.81. The zero-order chi connectivity index (χ0) is 11.7. The first-order valence-electron chi connectivity index (χ1n) is 4.86. The van der Waals surface area contributed by atoms with Crippen molar-refractivity contribution in [1.82, 2.24) is 9.88 Å². The van der Waals surface area contributed by atoms with Crippen LogP contribution >= 0.6 is 0 Å². The highest BCUT2D eigenvalue weighted by Gasteiger charge is 2.35. The molecule has 0 aliphatic carbocycles. The molecule has 2 rings (SSSR count). The Morgan fingerprint density at radius 3 is 2.75 bits per heavy atom. The molecule has 1 aromatic rings. The van der Waals surface area contributed by atoms with Gasteiger partial charge in [-0.1, -0.05) is 0 Å². The minimum absolute atomic E-state index is 0.175. The molecule has 0 bridgehead atoms. The Hall–Kier alpha value is -2.11. The van der Waals surface area contributed by atoms with Crippen molar-refractivity contribution in [2.75, 3.05) is 18.1 Å². The summed E-state index contributed by atoms with van der Waals surface area (Å²) in [7, 11) is 1.48. The predicted octanol–water partition coefficient (Wildman–Crippen LogP) is -0.167. The molecule has 2 amide bonds. The number of nitrogen functional groups attached to an aromatic ring is 1. The first-order chi connectivity index (χ1) is 7.58. The van der Waals surface area contributed by atoms with Crippen LogP contribution in [0.2, 0.25) is 0 Å². The fourth-order valence-electron chi connectivity index (χ4n) is 1.56. The molecule has 1 fully saturated rings. The minimum atomic E-state index is -0.497. The van der Waals surface area contributed by atoms with E-state index in [1.165, 1.54) is 13.2 Å². The molecule has 0 spiro atoms. The normalized spacial score (nSPS) is 20.3. The highest BCUT2D eigenvalue weighted by molar-refractivity contribution is 6.06. The number of imide groups is 1. The van der Waals surface area contributed by atoms with E-state index in [0.717, 1.165) is 4.90 Å². The maximum Gasteiger partial charge on any atom is 0.251 e. The topological polar surface area (TPSA) is 88.3 Å². The van der Waals surface area contributed by atoms with Gasteiger partial charge in [0.05, 0.1) is 18.3 Å². The van der Waals surface area contributed by atoms with Crippen molar-refractivity contribution in [2.24, 2.45) is 0 Å². The van der Waals surface area contributed by atoms with E-state index in [4.69, 9.17) is 5.73 Å². The van der Waals surface area contributed by atoms with Crippen molar-refractivity contribution in [2.45, 2.75) is 12.5 Å². The number of hydrogen-bond donors (Lipinski definition) is 2. The van der Waals surface area contributed by atoms with E-state index in [1.807, 2.05) is 0 Å². The number of aromatic nitrogens is 1. The van der Waals surface area contributed by atoms with Gasteiger partial charge in [0.1, 0.15) is 11.9 Å². The van der Waals surface area contributed by atoms with Crippen LogP contribution in [0.3, 0.4) is 0 Å². The Balaban J connectivity index is 2.09. The number of hydrogen-bond acceptors (Lipinski definition) is 5. The van der Waals surface area contributed by atoms with Crippen molar-refractivity contribution in [3.63, 3.8) is 0 Å². The number of pyridine rings is 1. The van der Waals surface area contributed by atoms with Crippen molar-refractivity contribution >= 4 is 23.3 Å². The van der Waals surface area contributed by atoms with Crippen LogP contribution in [-0.4, -0.2) is 34.8 Å². The number of nitrogens with one attached hydrogen (secondary N) is 1. The molecule has 84 valence electrons. The Bertz CT molecular complexity index is 429. The molecule has 6 heteroatoms. The van der Waals surface area contributed by atoms with Crippen LogP contribution in [0.4, 0.5) is 11.5 Å². The Kier molecular flexibility index (Phi) is 2.47. The zero-order valence-electron chi connectivity index (χ0n) is 8.80. The van der Waals surface area contributed by atoms with Gasteiger partial charge in [-0.3, -0.25) is 14.5 Å². The fraction of sp³-hybridized carbons (Fsp3) is 0.300. The van der Waals surface area contributed by atoms with E-state index in [9.17, 15) is 9.59 Å². The number of carbonyl (C=O) groups excluding carboxylic acids is 2. The molecule has 1 saturated heterocycles. The SMILES string of the molecule is CN1C(=O)CC(Nc2ccc(N)nc2)C1=O. The van der Waals surface area contributed by atoms with Gasteiger partial charge in [0.2, 0.25) is 5.91 Å². The van der Waals surface area contributed by atoms with E-state index in [1.54, 1.807) is 12.1 Å². The lowest BCUT2D eigenvalue weighted by atomic mass is 10.2. The molecular weight excluding hydrogens is 208 g/mol. The third-order valence-electron chi connectivity index (χ3n) is 2.51. The zero-order valence-corrected chi connectivity index (χ0v) is 8.80. The molecule has 1 aliphatic heterocycles. The number of rotatable bonds is 2. The predicted molar refractivity (Wildman–Crippen MR) is 58.5 cm³/mol. The minimum Gasteiger partial charge on any atom is -0.384 e. The lowest BCUT2D eigenvalue weighted by molar-refractivity contribution is -0.136. The van der Waals surface area contributed by atoms with Crippen LogP contribution in [0.15, 0.2) is 18.3 Å². The monoisotopic (exact) mass is 220 g/mol. The summed E-state index contributed by atoms with van der Waals surface area (Å²) in [5, 5.41) is 2.95. The van der Waals surface area contributed by atoms with Gasteiger partial charge in [-0.2, -0.15) is 0 Å². The van der Waals surface area contributed by atoms with Gasteiger partial charge in [0.25, 0.3) is 5.91 Å². The van der Waals surface area contributed by atoms with Gasteiger partial charge in [0, 0.05) is 7.05 Å². The maximum absolute atomic E-state index is 11.6. The summed E-state index contributed by atoms with van der Waals surface area (Å²) >= 11 is 0. The van der Waals surface area contributed by atoms with Gasteiger partial charge < -0.3 is 11.1 Å². The number of anilines is 2. The quantitative estimate of drug-likeness (QED) is 0.676. The molecule has 3 N–H and O–H groups in total. The van der Waals surface area contributed by atoms with E-state index in [0.29, 0.717) is 11.5 Å². The Labute approximate surface area is 92.4 Å². The van der Waals surface area contributed by atoms with Gasteiger partial charge >= 0.3 is 0 Å². The van der Waals surface area contributed by atoms with Crippen LogP contribution in [0.1, 0.15) is 6.42 Å². The molecular formula is C10H12N4O2. The number of nitrogens with zero attached hydrogens (tertiary/aromatic N) is 2. The lowest BCUT2D eigenvalue weighted by Gasteiger charge is -2.11. The number of likely N-dealkylation sites (N-methyl/N-ethyl adjacent to an activating group) is 1. The summed E-state index contributed by atoms with van der Waals surface area (Å²) in [4.78, 5) is 27.9. The number of likely N-dealkylation sites (tertiary alicyclic amines) is 1. The highest BCUT2D eigenvalue weighted by Crippen LogP contribution is 2.16. The standard InChI is InChI=1S/C10H12N4O2/c1-14-9(15)4-7(10(14)16)13-6-2-3-8(11)12-5-6/h2-3,5,7,13H,4H2,1H3,(H2,11,12). The molecule has 1 unspecified atom stereocenters. The van der Waals surface area contributed by atoms with Gasteiger partial charge in [0.15, 0.2) is 0 Å². The molecule has 1 aliphatic rings. The van der Waals surface area contributed by atoms with Gasteiger partial charge in [-0.15, -0.1) is 0 Å². The largest absolute Gasteiger partial charge is 0.384 e. The van der Waals surface area contributed by atoms with E-state index in [-0.39, 0.29) is 18.2 Å². The van der Waals surface area contributed by atoms with Gasteiger partial charge in [-0.25, -0.2) is 4.98 Å². The van der Waals surface area contributed by atoms with Crippen LogP contribution in [0.5, 0.6) is 0 Å². The summed E-state index contributed by atoms with van der Waals surface area (Å²) in [6.07, 6.45) is 1.71. The third-order valence-corrected chi connectivity index (χ3v) is 2.51. The summed E-state index contributed by atoms with van der Waals surface area (Å²) < 4.78 is 0.